The van der Waals surface area contributed by atoms with Crippen LogP contribution in [-0.4, -0.2) is 4.98 Å². The van der Waals surface area contributed by atoms with Crippen LogP contribution in [0, 0.1) is 0 Å². The lowest BCUT2D eigenvalue weighted by Gasteiger charge is -2.03. The average Bonchev–Trinajstić information content (AvgIpc) is 3.24. The van der Waals surface area contributed by atoms with E-state index in [9.17, 15) is 4.79 Å². The van der Waals surface area contributed by atoms with Crippen molar-refractivity contribution < 1.29 is 4.42 Å². The molecule has 0 bridgehead atoms. The first-order valence-electron chi connectivity index (χ1n) is 9.02. The summed E-state index contributed by atoms with van der Waals surface area (Å²) < 4.78 is 6.41. The standard InChI is InChI=1S/C24H14BrNO2S/c25-19-10-11-22-18(12-19)13-20(24(27)28-22)23-26-21(14-29-23)17-8-6-16(7-9-17)15-4-2-1-3-5-15/h1-14H. The molecule has 29 heavy (non-hydrogen) atoms. The van der Waals surface area contributed by atoms with Crippen molar-refractivity contribution in [1.82, 2.24) is 4.98 Å². The molecule has 2 aromatic heterocycles. The SMILES string of the molecule is O=c1oc2ccc(Br)cc2cc1-c1nc(-c2ccc(-c3ccccc3)cc2)cs1. The lowest BCUT2D eigenvalue weighted by Crippen LogP contribution is -2.02. The summed E-state index contributed by atoms with van der Waals surface area (Å²) in [6, 6.07) is 26.0. The molecule has 0 saturated heterocycles. The van der Waals surface area contributed by atoms with Crippen LogP contribution in [0.5, 0.6) is 0 Å². The van der Waals surface area contributed by atoms with Gasteiger partial charge in [-0.05, 0) is 35.4 Å². The van der Waals surface area contributed by atoms with Gasteiger partial charge in [-0.2, -0.15) is 0 Å². The number of hydrogen-bond acceptors (Lipinski definition) is 4. The van der Waals surface area contributed by atoms with E-state index in [2.05, 4.69) is 52.3 Å². The molecule has 0 spiro atoms. The van der Waals surface area contributed by atoms with Gasteiger partial charge in [0.1, 0.15) is 10.6 Å². The number of rotatable bonds is 3. The highest BCUT2D eigenvalue weighted by Gasteiger charge is 2.13. The molecular weight excluding hydrogens is 446 g/mol. The van der Waals surface area contributed by atoms with Gasteiger partial charge < -0.3 is 4.42 Å². The van der Waals surface area contributed by atoms with Gasteiger partial charge in [0.15, 0.2) is 0 Å². The van der Waals surface area contributed by atoms with Crippen molar-refractivity contribution in [3.63, 3.8) is 0 Å². The molecule has 140 valence electrons. The topological polar surface area (TPSA) is 43.1 Å². The van der Waals surface area contributed by atoms with E-state index in [1.54, 1.807) is 6.07 Å². The molecule has 2 heterocycles. The summed E-state index contributed by atoms with van der Waals surface area (Å²) in [6.45, 7) is 0. The van der Waals surface area contributed by atoms with Crippen molar-refractivity contribution in [2.45, 2.75) is 0 Å². The zero-order valence-electron chi connectivity index (χ0n) is 15.1. The van der Waals surface area contributed by atoms with Crippen LogP contribution < -0.4 is 5.63 Å². The van der Waals surface area contributed by atoms with E-state index in [1.807, 2.05) is 41.8 Å². The molecule has 0 aliphatic rings. The van der Waals surface area contributed by atoms with Crippen LogP contribution in [-0.2, 0) is 0 Å². The van der Waals surface area contributed by atoms with E-state index in [1.165, 1.54) is 16.9 Å². The van der Waals surface area contributed by atoms with Gasteiger partial charge in [-0.15, -0.1) is 11.3 Å². The van der Waals surface area contributed by atoms with Crippen molar-refractivity contribution >= 4 is 38.2 Å². The van der Waals surface area contributed by atoms with Gasteiger partial charge in [-0.25, -0.2) is 9.78 Å². The summed E-state index contributed by atoms with van der Waals surface area (Å²) in [5.74, 6) is 0. The van der Waals surface area contributed by atoms with Crippen LogP contribution in [0.4, 0.5) is 0 Å². The highest BCUT2D eigenvalue weighted by Crippen LogP contribution is 2.30. The maximum Gasteiger partial charge on any atom is 0.346 e. The van der Waals surface area contributed by atoms with E-state index >= 15 is 0 Å². The molecule has 0 atom stereocenters. The Morgan fingerprint density at radius 2 is 1.55 bits per heavy atom. The van der Waals surface area contributed by atoms with Crippen molar-refractivity contribution in [3.8, 4) is 33.0 Å². The van der Waals surface area contributed by atoms with Crippen LogP contribution in [0.2, 0.25) is 0 Å². The predicted molar refractivity (Wildman–Crippen MR) is 122 cm³/mol. The van der Waals surface area contributed by atoms with Gasteiger partial charge in [0.25, 0.3) is 0 Å². The third-order valence-corrected chi connectivity index (χ3v) is 6.09. The molecule has 5 aromatic rings. The summed E-state index contributed by atoms with van der Waals surface area (Å²) in [7, 11) is 0. The summed E-state index contributed by atoms with van der Waals surface area (Å²) in [6.07, 6.45) is 0. The van der Waals surface area contributed by atoms with Crippen LogP contribution >= 0.6 is 27.3 Å². The van der Waals surface area contributed by atoms with Crippen molar-refractivity contribution in [1.29, 1.82) is 0 Å². The fourth-order valence-corrected chi connectivity index (χ4v) is 4.45. The first kappa shape index (κ1) is 18.0. The van der Waals surface area contributed by atoms with Crippen molar-refractivity contribution in [2.24, 2.45) is 0 Å². The fraction of sp³-hybridized carbons (Fsp3) is 0. The minimum Gasteiger partial charge on any atom is -0.422 e. The minimum absolute atomic E-state index is 0.375. The summed E-state index contributed by atoms with van der Waals surface area (Å²) >= 11 is 4.90. The van der Waals surface area contributed by atoms with Crippen LogP contribution in [0.25, 0.3) is 43.9 Å². The number of thiazole rings is 1. The van der Waals surface area contributed by atoms with E-state index in [4.69, 9.17) is 9.40 Å². The maximum atomic E-state index is 12.5. The second-order valence-electron chi connectivity index (χ2n) is 6.61. The Morgan fingerprint density at radius 3 is 2.34 bits per heavy atom. The number of nitrogens with zero attached hydrogens (tertiary/aromatic N) is 1. The molecule has 5 heteroatoms. The van der Waals surface area contributed by atoms with Crippen LogP contribution in [0.1, 0.15) is 0 Å². The Morgan fingerprint density at radius 1 is 0.828 bits per heavy atom. The number of benzene rings is 3. The molecule has 0 saturated carbocycles. The second-order valence-corrected chi connectivity index (χ2v) is 8.38. The number of fused-ring (bicyclic) bond motifs is 1. The molecule has 0 aliphatic carbocycles. The Kier molecular flexibility index (Phi) is 4.62. The molecule has 0 radical (unpaired) electrons. The first-order valence-corrected chi connectivity index (χ1v) is 10.7. The average molecular weight is 460 g/mol. The van der Waals surface area contributed by atoms with Crippen LogP contribution in [0.3, 0.4) is 0 Å². The van der Waals surface area contributed by atoms with Crippen molar-refractivity contribution in [3.05, 3.63) is 99.1 Å². The predicted octanol–water partition coefficient (Wildman–Crippen LogP) is 7.01. The van der Waals surface area contributed by atoms with E-state index in [0.29, 0.717) is 16.2 Å². The molecule has 3 nitrogen and oxygen atoms in total. The second kappa shape index (κ2) is 7.43. The molecule has 0 fully saturated rings. The third-order valence-electron chi connectivity index (χ3n) is 4.72. The largest absolute Gasteiger partial charge is 0.422 e. The zero-order chi connectivity index (χ0) is 19.8. The van der Waals surface area contributed by atoms with Gasteiger partial charge in [-0.3, -0.25) is 0 Å². The molecule has 0 N–H and O–H groups in total. The van der Waals surface area contributed by atoms with Gasteiger partial charge in [-0.1, -0.05) is 70.5 Å². The molecule has 5 rings (SSSR count). The van der Waals surface area contributed by atoms with Gasteiger partial charge >= 0.3 is 5.63 Å². The van der Waals surface area contributed by atoms with E-state index < -0.39 is 0 Å². The lowest BCUT2D eigenvalue weighted by atomic mass is 10.0. The molecule has 3 aromatic carbocycles. The monoisotopic (exact) mass is 459 g/mol. The number of hydrogen-bond donors (Lipinski definition) is 0. The Labute approximate surface area is 179 Å². The maximum absolute atomic E-state index is 12.5. The summed E-state index contributed by atoms with van der Waals surface area (Å²) in [5, 5.41) is 3.48. The third kappa shape index (κ3) is 3.55. The zero-order valence-corrected chi connectivity index (χ0v) is 17.5. The smallest absolute Gasteiger partial charge is 0.346 e. The van der Waals surface area contributed by atoms with Crippen molar-refractivity contribution in [2.75, 3.05) is 0 Å². The van der Waals surface area contributed by atoms with Crippen LogP contribution in [0.15, 0.2) is 97.9 Å². The Hall–Kier alpha value is -3.02. The van der Waals surface area contributed by atoms with E-state index in [-0.39, 0.29) is 5.63 Å². The van der Waals surface area contributed by atoms with Gasteiger partial charge in [0, 0.05) is 20.8 Å². The highest BCUT2D eigenvalue weighted by atomic mass is 79.9. The molecule has 0 aliphatic heterocycles. The van der Waals surface area contributed by atoms with E-state index in [0.717, 1.165) is 26.7 Å². The lowest BCUT2D eigenvalue weighted by molar-refractivity contribution is 0.563. The Balaban J connectivity index is 1.50. The normalized spacial score (nSPS) is 11.1. The number of aromatic nitrogens is 1. The summed E-state index contributed by atoms with van der Waals surface area (Å²) in [4.78, 5) is 17.1. The first-order chi connectivity index (χ1) is 14.2. The molecule has 0 unspecified atom stereocenters. The Bertz CT molecular complexity index is 1370. The molecular formula is C24H14BrNO2S. The quantitative estimate of drug-likeness (QED) is 0.272. The van der Waals surface area contributed by atoms with Gasteiger partial charge in [0.2, 0.25) is 0 Å². The minimum atomic E-state index is -0.375. The molecule has 0 amide bonds. The summed E-state index contributed by atoms with van der Waals surface area (Å²) in [5.41, 5.74) is 4.87. The fourth-order valence-electron chi connectivity index (χ4n) is 3.24. The highest BCUT2D eigenvalue weighted by molar-refractivity contribution is 9.10. The van der Waals surface area contributed by atoms with Gasteiger partial charge in [0.05, 0.1) is 11.3 Å². The number of halogens is 1.